The van der Waals surface area contributed by atoms with Crippen molar-refractivity contribution >= 4 is 25.7 Å². The first-order valence-corrected chi connectivity index (χ1v) is 16.6. The smallest absolute Gasteiger partial charge is 0.410 e. The third-order valence-corrected chi connectivity index (χ3v) is 10.0. The second-order valence-electron chi connectivity index (χ2n) is 13.5. The van der Waals surface area contributed by atoms with E-state index in [2.05, 4.69) is 53.5 Å². The Labute approximate surface area is 280 Å². The zero-order valence-corrected chi connectivity index (χ0v) is 29.2. The molecule has 2 aromatic rings. The summed E-state index contributed by atoms with van der Waals surface area (Å²) in [5.41, 5.74) is -0.184. The number of methoxy groups -OCH3 is 1. The minimum absolute atomic E-state index is 0.0854. The lowest BCUT2D eigenvalue weighted by molar-refractivity contribution is -0.146. The molecule has 8 atom stereocenters. The average molecular weight is 654 g/mol. The van der Waals surface area contributed by atoms with Crippen molar-refractivity contribution in [1.29, 1.82) is 0 Å². The maximum atomic E-state index is 13.3. The lowest BCUT2D eigenvalue weighted by Gasteiger charge is -2.41. The molecule has 14 heteroatoms. The Hall–Kier alpha value is -3.39. The highest BCUT2D eigenvalue weighted by Crippen LogP contribution is 2.40. The van der Waals surface area contributed by atoms with Gasteiger partial charge >= 0.3 is 12.1 Å². The number of rotatable bonds is 20. The number of hydrogen-bond donors (Lipinski definition) is 2. The van der Waals surface area contributed by atoms with Crippen LogP contribution in [0.25, 0.3) is 11.4 Å². The fraction of sp³-hybridized carbons (Fsp3) is 0.727. The Morgan fingerprint density at radius 2 is 1.89 bits per heavy atom. The van der Waals surface area contributed by atoms with E-state index in [0.29, 0.717) is 37.4 Å². The number of nitrogens with one attached hydrogen (secondary N) is 1. The van der Waals surface area contributed by atoms with Crippen LogP contribution in [-0.2, 0) is 25.6 Å². The maximum absolute atomic E-state index is 13.3. The van der Waals surface area contributed by atoms with Gasteiger partial charge in [-0.1, -0.05) is 26.0 Å². The SMILES string of the molecule is [B][C@H](CC(=O)[C@@H](C)C(=O)O)[C@@](C)(C[C@@H](C)CN[C@H](C)[C@H]1N(CCCCn2cc(-c3cccnn3)nn2)C(=O)O[C@]1(C)[C@H](C)CC)OC. The van der Waals surface area contributed by atoms with Crippen molar-refractivity contribution in [2.75, 3.05) is 20.2 Å². The van der Waals surface area contributed by atoms with Gasteiger partial charge in [0.15, 0.2) is 0 Å². The molecule has 3 heterocycles. The molecule has 2 aromatic heterocycles. The van der Waals surface area contributed by atoms with Gasteiger partial charge in [0.1, 0.15) is 28.7 Å². The predicted octanol–water partition coefficient (Wildman–Crippen LogP) is 4.19. The maximum Gasteiger partial charge on any atom is 0.410 e. The molecule has 0 unspecified atom stereocenters. The highest BCUT2D eigenvalue weighted by molar-refractivity contribution is 6.15. The third-order valence-electron chi connectivity index (χ3n) is 10.0. The molecule has 0 saturated carbocycles. The summed E-state index contributed by atoms with van der Waals surface area (Å²) in [6.07, 6.45) is 6.03. The van der Waals surface area contributed by atoms with E-state index in [4.69, 9.17) is 17.3 Å². The molecule has 258 valence electrons. The number of aromatic nitrogens is 5. The Morgan fingerprint density at radius 3 is 2.51 bits per heavy atom. The number of ketones is 1. The van der Waals surface area contributed by atoms with Crippen molar-refractivity contribution in [2.24, 2.45) is 17.8 Å². The number of ether oxygens (including phenoxy) is 2. The minimum Gasteiger partial charge on any atom is -0.481 e. The van der Waals surface area contributed by atoms with Crippen LogP contribution in [0.1, 0.15) is 80.6 Å². The fourth-order valence-electron chi connectivity index (χ4n) is 6.44. The summed E-state index contributed by atoms with van der Waals surface area (Å²) in [5, 5.41) is 29.3. The number of carboxylic acids is 1. The van der Waals surface area contributed by atoms with E-state index in [1.54, 1.807) is 24.1 Å². The van der Waals surface area contributed by atoms with E-state index in [1.165, 1.54) is 6.92 Å². The molecule has 47 heavy (non-hydrogen) atoms. The molecule has 0 spiro atoms. The van der Waals surface area contributed by atoms with E-state index in [0.717, 1.165) is 19.3 Å². The Morgan fingerprint density at radius 1 is 1.19 bits per heavy atom. The molecule has 0 aromatic carbocycles. The van der Waals surface area contributed by atoms with Crippen molar-refractivity contribution in [3.63, 3.8) is 0 Å². The fourth-order valence-corrected chi connectivity index (χ4v) is 6.44. The third kappa shape index (κ3) is 9.37. The number of Topliss-reactive ketones (excluding diaryl/α,β-unsaturated/α-hetero) is 1. The van der Waals surface area contributed by atoms with Crippen LogP contribution in [0.5, 0.6) is 0 Å². The summed E-state index contributed by atoms with van der Waals surface area (Å²) in [6, 6.07) is 3.36. The quantitative estimate of drug-likeness (QED) is 0.120. The summed E-state index contributed by atoms with van der Waals surface area (Å²) >= 11 is 0. The van der Waals surface area contributed by atoms with Crippen molar-refractivity contribution in [1.82, 2.24) is 35.4 Å². The number of cyclic esters (lactones) is 1. The standard InChI is InChI=1S/C33H52BN7O6/c1-9-22(3)33(7)29(24(5)35-19-21(2)18-32(6,46-8)28(34)17-27(42)23(4)30(43)44)41(31(45)47-33)16-11-10-15-40-20-26(38-39-40)25-13-12-14-36-37-25/h12-14,20-24,28-29,35H,9-11,15-19H2,1-8H3,(H,43,44)/t21-,22-,23-,24-,28-,29-,32-,33-/m1/s1. The summed E-state index contributed by atoms with van der Waals surface area (Å²) in [6.45, 7) is 15.5. The first-order chi connectivity index (χ1) is 22.2. The summed E-state index contributed by atoms with van der Waals surface area (Å²) in [5.74, 6) is -3.14. The first kappa shape index (κ1) is 38.1. The molecule has 1 aliphatic rings. The van der Waals surface area contributed by atoms with Crippen molar-refractivity contribution in [3.8, 4) is 11.4 Å². The van der Waals surface area contributed by atoms with Crippen molar-refractivity contribution in [2.45, 2.75) is 116 Å². The van der Waals surface area contributed by atoms with Gasteiger partial charge in [0.05, 0.1) is 25.7 Å². The van der Waals surface area contributed by atoms with Crippen LogP contribution >= 0.6 is 0 Å². The number of unbranched alkanes of at least 4 members (excludes halogenated alkanes) is 1. The van der Waals surface area contributed by atoms with Gasteiger partial charge in [0.25, 0.3) is 0 Å². The van der Waals surface area contributed by atoms with Crippen molar-refractivity contribution in [3.05, 3.63) is 24.5 Å². The monoisotopic (exact) mass is 653 g/mol. The van der Waals surface area contributed by atoms with Crippen LogP contribution < -0.4 is 5.32 Å². The molecule has 0 bridgehead atoms. The van der Waals surface area contributed by atoms with Gasteiger partial charge in [0.2, 0.25) is 0 Å². The molecule has 13 nitrogen and oxygen atoms in total. The predicted molar refractivity (Wildman–Crippen MR) is 178 cm³/mol. The summed E-state index contributed by atoms with van der Waals surface area (Å²) < 4.78 is 13.7. The van der Waals surface area contributed by atoms with Gasteiger partial charge in [-0.15, -0.1) is 10.2 Å². The summed E-state index contributed by atoms with van der Waals surface area (Å²) in [7, 11) is 7.97. The number of aryl methyl sites for hydroxylation is 1. The van der Waals surface area contributed by atoms with E-state index in [1.807, 2.05) is 31.0 Å². The van der Waals surface area contributed by atoms with Gasteiger partial charge < -0.3 is 19.9 Å². The highest BCUT2D eigenvalue weighted by Gasteiger charge is 2.55. The van der Waals surface area contributed by atoms with Crippen LogP contribution in [0, 0.1) is 17.8 Å². The zero-order valence-electron chi connectivity index (χ0n) is 29.2. The lowest BCUT2D eigenvalue weighted by atomic mass is 9.67. The van der Waals surface area contributed by atoms with Crippen LogP contribution in [0.4, 0.5) is 4.79 Å². The molecule has 2 radical (unpaired) electrons. The molecule has 1 aliphatic heterocycles. The number of aliphatic carboxylic acids is 1. The molecule has 1 fully saturated rings. The lowest BCUT2D eigenvalue weighted by Crippen LogP contribution is -2.58. The Bertz CT molecular complexity index is 1330. The largest absolute Gasteiger partial charge is 0.481 e. The number of hydrogen-bond acceptors (Lipinski definition) is 10. The van der Waals surface area contributed by atoms with Gasteiger partial charge in [0, 0.05) is 38.9 Å². The van der Waals surface area contributed by atoms with Gasteiger partial charge in [-0.05, 0) is 89.7 Å². The normalized spacial score (nSPS) is 22.6. The minimum atomic E-state index is -1.16. The molecule has 0 aliphatic carbocycles. The van der Waals surface area contributed by atoms with E-state index >= 15 is 0 Å². The number of carboxylic acid groups (broad SMARTS) is 1. The Kier molecular flexibility index (Phi) is 13.5. The average Bonchev–Trinajstić information content (AvgIpc) is 3.63. The van der Waals surface area contributed by atoms with Gasteiger partial charge in [-0.2, -0.15) is 5.10 Å². The Balaban J connectivity index is 1.61. The number of nitrogens with zero attached hydrogens (tertiary/aromatic N) is 6. The van der Waals surface area contributed by atoms with Crippen LogP contribution in [0.15, 0.2) is 24.5 Å². The highest BCUT2D eigenvalue weighted by atomic mass is 16.6. The van der Waals surface area contributed by atoms with Crippen molar-refractivity contribution < 1.29 is 29.0 Å². The molecule has 2 N–H and O–H groups in total. The zero-order chi connectivity index (χ0) is 34.9. The number of carbonyl (C=O) groups is 3. The number of carbonyl (C=O) groups excluding carboxylic acids is 2. The van der Waals surface area contributed by atoms with Crippen LogP contribution in [0.2, 0.25) is 5.82 Å². The second kappa shape index (κ2) is 16.6. The molecule has 1 saturated heterocycles. The number of amides is 1. The van der Waals surface area contributed by atoms with Crippen LogP contribution in [0.3, 0.4) is 0 Å². The molecular formula is C33H52BN7O6. The van der Waals surface area contributed by atoms with E-state index in [9.17, 15) is 19.5 Å². The van der Waals surface area contributed by atoms with E-state index in [-0.39, 0.29) is 36.4 Å². The molecule has 1 amide bonds. The first-order valence-electron chi connectivity index (χ1n) is 16.6. The van der Waals surface area contributed by atoms with Gasteiger partial charge in [-0.3, -0.25) is 19.2 Å². The van der Waals surface area contributed by atoms with Crippen LogP contribution in [-0.4, -0.2) is 104 Å². The topological polar surface area (TPSA) is 162 Å². The second-order valence-corrected chi connectivity index (χ2v) is 13.5. The molecule has 3 rings (SSSR count). The molecular weight excluding hydrogens is 601 g/mol. The summed E-state index contributed by atoms with van der Waals surface area (Å²) in [4.78, 5) is 38.9. The van der Waals surface area contributed by atoms with E-state index < -0.39 is 34.7 Å². The van der Waals surface area contributed by atoms with Gasteiger partial charge in [-0.25, -0.2) is 4.79 Å².